The Labute approximate surface area is 137 Å². The smallest absolute Gasteiger partial charge is 0.405 e. The second-order valence-electron chi connectivity index (χ2n) is 5.73. The van der Waals surface area contributed by atoms with Crippen LogP contribution in [0.4, 0.5) is 15.1 Å². The van der Waals surface area contributed by atoms with Gasteiger partial charge < -0.3 is 15.3 Å². The normalized spacial score (nSPS) is 21.8. The van der Waals surface area contributed by atoms with Crippen LogP contribution in [-0.4, -0.2) is 60.1 Å². The average molecular weight is 356 g/mol. The van der Waals surface area contributed by atoms with Gasteiger partial charge in [0.1, 0.15) is 6.17 Å². The Balaban J connectivity index is 2.04. The van der Waals surface area contributed by atoms with Crippen LogP contribution < -0.4 is 10.2 Å². The minimum atomic E-state index is -3.64. The van der Waals surface area contributed by atoms with E-state index >= 15 is 0 Å². The molecule has 3 rings (SSSR count). The summed E-state index contributed by atoms with van der Waals surface area (Å²) >= 11 is 0. The van der Waals surface area contributed by atoms with E-state index < -0.39 is 28.3 Å². The molecule has 130 valence electrons. The lowest BCUT2D eigenvalue weighted by Crippen LogP contribution is -2.54. The van der Waals surface area contributed by atoms with Gasteiger partial charge in [0, 0.05) is 13.1 Å². The van der Waals surface area contributed by atoms with E-state index in [4.69, 9.17) is 5.11 Å². The number of para-hydroxylation sites is 2. The molecule has 24 heavy (non-hydrogen) atoms. The van der Waals surface area contributed by atoms with Crippen molar-refractivity contribution in [3.05, 3.63) is 24.3 Å². The Hall–Kier alpha value is -2.36. The predicted octanol–water partition coefficient (Wildman–Crippen LogP) is 1.03. The van der Waals surface area contributed by atoms with Gasteiger partial charge >= 0.3 is 6.09 Å². The third-order valence-electron chi connectivity index (χ3n) is 3.95. The number of imidazole rings is 1. The zero-order valence-electron chi connectivity index (χ0n) is 12.9. The number of nitrogens with zero attached hydrogens (tertiary/aromatic N) is 3. The number of nitrogens with one attached hydrogen (secondary N) is 1. The molecule has 0 aliphatic carbocycles. The number of aromatic nitrogens is 2. The number of fused-ring (bicyclic) bond motifs is 1. The molecular formula is C14H17FN4O4S. The van der Waals surface area contributed by atoms with Gasteiger partial charge in [0.25, 0.3) is 0 Å². The van der Waals surface area contributed by atoms with Gasteiger partial charge in [0.15, 0.2) is 0 Å². The highest BCUT2D eigenvalue weighted by Gasteiger charge is 2.33. The van der Waals surface area contributed by atoms with Crippen molar-refractivity contribution in [2.24, 2.45) is 0 Å². The average Bonchev–Trinajstić information content (AvgIpc) is 2.88. The van der Waals surface area contributed by atoms with Crippen molar-refractivity contribution < 1.29 is 22.7 Å². The van der Waals surface area contributed by atoms with Crippen molar-refractivity contribution in [2.45, 2.75) is 18.6 Å². The molecule has 1 aromatic heterocycles. The molecule has 10 heteroatoms. The van der Waals surface area contributed by atoms with Crippen LogP contribution in [0.1, 0.15) is 6.42 Å². The summed E-state index contributed by atoms with van der Waals surface area (Å²) in [5, 5.41) is 11.0. The number of amides is 1. The first-order chi connectivity index (χ1) is 11.3. The summed E-state index contributed by atoms with van der Waals surface area (Å²) in [4.78, 5) is 16.8. The number of carboxylic acid groups (broad SMARTS) is 1. The highest BCUT2D eigenvalue weighted by atomic mass is 32.2. The third kappa shape index (κ3) is 3.01. The molecule has 1 fully saturated rings. The fourth-order valence-corrected chi connectivity index (χ4v) is 3.88. The topological polar surface area (TPSA) is 105 Å². The predicted molar refractivity (Wildman–Crippen MR) is 86.6 cm³/mol. The van der Waals surface area contributed by atoms with Crippen LogP contribution in [0, 0.1) is 0 Å². The largest absolute Gasteiger partial charge is 0.465 e. The zero-order chi connectivity index (χ0) is 17.5. The molecule has 8 nitrogen and oxygen atoms in total. The molecule has 0 radical (unpaired) electrons. The molecule has 0 saturated carbocycles. The maximum Gasteiger partial charge on any atom is 0.405 e. The first-order valence-corrected chi connectivity index (χ1v) is 9.18. The number of carbonyl (C=O) groups is 1. The maximum atomic E-state index is 13.9. The van der Waals surface area contributed by atoms with Crippen molar-refractivity contribution in [1.82, 2.24) is 14.3 Å². The van der Waals surface area contributed by atoms with Crippen molar-refractivity contribution in [1.29, 1.82) is 0 Å². The van der Waals surface area contributed by atoms with E-state index in [1.54, 1.807) is 29.2 Å². The minimum absolute atomic E-state index is 0.00626. The van der Waals surface area contributed by atoms with Crippen molar-refractivity contribution >= 4 is 33.1 Å². The summed E-state index contributed by atoms with van der Waals surface area (Å²) in [5.74, 6) is 0.169. The quantitative estimate of drug-likeness (QED) is 0.851. The number of benzene rings is 1. The molecule has 1 saturated heterocycles. The Morgan fingerprint density at radius 3 is 2.79 bits per heavy atom. The van der Waals surface area contributed by atoms with Gasteiger partial charge in [-0.2, -0.15) is 0 Å². The summed E-state index contributed by atoms with van der Waals surface area (Å²) < 4.78 is 39.5. The third-order valence-corrected chi connectivity index (χ3v) is 4.98. The van der Waals surface area contributed by atoms with Gasteiger partial charge in [-0.1, -0.05) is 12.1 Å². The second-order valence-corrected chi connectivity index (χ2v) is 7.57. The summed E-state index contributed by atoms with van der Waals surface area (Å²) in [6.07, 6.45) is -1.49. The summed E-state index contributed by atoms with van der Waals surface area (Å²) in [6.45, 7) is 0.254. The number of hydrogen-bond donors (Lipinski definition) is 2. The highest BCUT2D eigenvalue weighted by Crippen LogP contribution is 2.27. The molecule has 1 amide bonds. The first kappa shape index (κ1) is 16.5. The summed E-state index contributed by atoms with van der Waals surface area (Å²) in [5.41, 5.74) is 0.933. The summed E-state index contributed by atoms with van der Waals surface area (Å²) in [7, 11) is -3.64. The Bertz CT molecular complexity index is 882. The van der Waals surface area contributed by atoms with Gasteiger partial charge in [-0.15, -0.1) is 0 Å². The van der Waals surface area contributed by atoms with Crippen LogP contribution in [0.25, 0.3) is 11.0 Å². The number of anilines is 1. The van der Waals surface area contributed by atoms with E-state index in [0.717, 1.165) is 10.2 Å². The van der Waals surface area contributed by atoms with E-state index in [-0.39, 0.29) is 25.5 Å². The van der Waals surface area contributed by atoms with Crippen LogP contribution >= 0.6 is 0 Å². The first-order valence-electron chi connectivity index (χ1n) is 7.34. The Kier molecular flexibility index (Phi) is 4.08. The van der Waals surface area contributed by atoms with Crippen LogP contribution in [0.15, 0.2) is 24.3 Å². The highest BCUT2D eigenvalue weighted by molar-refractivity contribution is 7.89. The van der Waals surface area contributed by atoms with Crippen molar-refractivity contribution in [2.75, 3.05) is 24.2 Å². The summed E-state index contributed by atoms with van der Waals surface area (Å²) in [6, 6.07) is 5.84. The van der Waals surface area contributed by atoms with Gasteiger partial charge in [-0.25, -0.2) is 26.6 Å². The molecule has 1 aliphatic heterocycles. The van der Waals surface area contributed by atoms with E-state index in [2.05, 4.69) is 10.3 Å². The monoisotopic (exact) mass is 356 g/mol. The standard InChI is InChI=1S/C14H17FN4O4S/c1-24(22,23)19-12-5-3-2-4-10(12)16-13(19)18-7-6-9(15)11(8-18)17-14(20)21/h2-5,9,11,17H,6-8H2,1H3,(H,20,21)/t9-,11-/m1/s1. The van der Waals surface area contributed by atoms with Crippen molar-refractivity contribution in [3.8, 4) is 0 Å². The lowest BCUT2D eigenvalue weighted by molar-refractivity contribution is 0.167. The van der Waals surface area contributed by atoms with Crippen LogP contribution in [0.2, 0.25) is 0 Å². The van der Waals surface area contributed by atoms with Crippen LogP contribution in [-0.2, 0) is 10.0 Å². The fraction of sp³-hybridized carbons (Fsp3) is 0.429. The van der Waals surface area contributed by atoms with Crippen LogP contribution in [0.3, 0.4) is 0 Å². The van der Waals surface area contributed by atoms with Gasteiger partial charge in [0.05, 0.1) is 23.3 Å². The van der Waals surface area contributed by atoms with Crippen molar-refractivity contribution in [3.63, 3.8) is 0 Å². The number of halogens is 1. The molecule has 0 bridgehead atoms. The van der Waals surface area contributed by atoms with Gasteiger partial charge in [-0.3, -0.25) is 0 Å². The molecule has 2 aromatic rings. The Morgan fingerprint density at radius 2 is 2.12 bits per heavy atom. The number of hydrogen-bond acceptors (Lipinski definition) is 5. The molecule has 1 aliphatic rings. The SMILES string of the molecule is CS(=O)(=O)n1c(N2CC[C@@H](F)[C@H](NC(=O)O)C2)nc2ccccc21. The van der Waals surface area contributed by atoms with Gasteiger partial charge in [-0.05, 0) is 18.6 Å². The molecule has 0 unspecified atom stereocenters. The molecule has 2 N–H and O–H groups in total. The Morgan fingerprint density at radius 1 is 1.42 bits per heavy atom. The fourth-order valence-electron chi connectivity index (χ4n) is 2.92. The lowest BCUT2D eigenvalue weighted by atomic mass is 10.0. The lowest BCUT2D eigenvalue weighted by Gasteiger charge is -2.35. The maximum absolute atomic E-state index is 13.9. The number of piperidine rings is 1. The molecule has 2 heterocycles. The van der Waals surface area contributed by atoms with E-state index in [1.165, 1.54) is 0 Å². The number of alkyl halides is 1. The molecular weight excluding hydrogens is 339 g/mol. The second kappa shape index (κ2) is 5.93. The molecule has 0 spiro atoms. The van der Waals surface area contributed by atoms with Crippen LogP contribution in [0.5, 0.6) is 0 Å². The molecule has 1 aromatic carbocycles. The zero-order valence-corrected chi connectivity index (χ0v) is 13.7. The molecule has 2 atom stereocenters. The minimum Gasteiger partial charge on any atom is -0.465 e. The number of rotatable bonds is 3. The van der Waals surface area contributed by atoms with Gasteiger partial charge in [0.2, 0.25) is 16.0 Å². The van der Waals surface area contributed by atoms with E-state index in [0.29, 0.717) is 11.0 Å². The van der Waals surface area contributed by atoms with E-state index in [9.17, 15) is 17.6 Å². The van der Waals surface area contributed by atoms with E-state index in [1.807, 2.05) is 0 Å².